The molecular formula is C19H13ClN2O. The van der Waals surface area contributed by atoms with E-state index in [4.69, 9.17) is 11.6 Å². The minimum Gasteiger partial charge on any atom is -0.324 e. The number of hydrogen-bond acceptors (Lipinski definition) is 2. The minimum atomic E-state index is -0.121. The summed E-state index contributed by atoms with van der Waals surface area (Å²) in [6.45, 7) is 0.102. The lowest BCUT2D eigenvalue weighted by Gasteiger charge is -2.12. The molecule has 3 nitrogen and oxygen atoms in total. The predicted octanol–water partition coefficient (Wildman–Crippen LogP) is 4.28. The SMILES string of the molecule is O=C1CN=C(c2cccc3ccccc23)c2cc(Cl)ccc2N1. The van der Waals surface area contributed by atoms with Crippen LogP contribution in [0.25, 0.3) is 10.8 Å². The van der Waals surface area contributed by atoms with E-state index in [1.165, 1.54) is 0 Å². The van der Waals surface area contributed by atoms with Crippen LogP contribution in [-0.2, 0) is 4.79 Å². The highest BCUT2D eigenvalue weighted by molar-refractivity contribution is 6.32. The van der Waals surface area contributed by atoms with Crippen molar-refractivity contribution in [1.29, 1.82) is 0 Å². The Morgan fingerprint density at radius 2 is 1.78 bits per heavy atom. The van der Waals surface area contributed by atoms with Gasteiger partial charge in [0.2, 0.25) is 5.91 Å². The number of aliphatic imine (C=N–C) groups is 1. The Balaban J connectivity index is 2.01. The van der Waals surface area contributed by atoms with E-state index in [9.17, 15) is 4.79 Å². The highest BCUT2D eigenvalue weighted by Crippen LogP contribution is 2.29. The monoisotopic (exact) mass is 320 g/mol. The summed E-state index contributed by atoms with van der Waals surface area (Å²) >= 11 is 6.17. The Morgan fingerprint density at radius 3 is 2.70 bits per heavy atom. The molecule has 1 amide bonds. The number of amides is 1. The van der Waals surface area contributed by atoms with Crippen LogP contribution in [-0.4, -0.2) is 18.2 Å². The predicted molar refractivity (Wildman–Crippen MR) is 94.5 cm³/mol. The van der Waals surface area contributed by atoms with E-state index in [0.717, 1.165) is 33.3 Å². The Hall–Kier alpha value is -2.65. The molecule has 3 aromatic rings. The van der Waals surface area contributed by atoms with Gasteiger partial charge in [-0.1, -0.05) is 54.1 Å². The second kappa shape index (κ2) is 5.52. The molecule has 1 aliphatic heterocycles. The summed E-state index contributed by atoms with van der Waals surface area (Å²) in [5, 5.41) is 5.75. The highest BCUT2D eigenvalue weighted by atomic mass is 35.5. The van der Waals surface area contributed by atoms with Crippen LogP contribution < -0.4 is 5.32 Å². The standard InChI is InChI=1S/C19H13ClN2O/c20-13-8-9-17-16(10-13)19(21-11-18(23)22-17)15-7-3-5-12-4-1-2-6-14(12)15/h1-10H,11H2,(H,22,23). The van der Waals surface area contributed by atoms with Crippen LogP contribution in [0.1, 0.15) is 11.1 Å². The van der Waals surface area contributed by atoms with Gasteiger partial charge in [0.15, 0.2) is 0 Å². The van der Waals surface area contributed by atoms with Crippen LogP contribution in [0.2, 0.25) is 5.02 Å². The van der Waals surface area contributed by atoms with Crippen LogP contribution in [0.4, 0.5) is 5.69 Å². The first kappa shape index (κ1) is 14.0. The van der Waals surface area contributed by atoms with Gasteiger partial charge in [0.25, 0.3) is 0 Å². The van der Waals surface area contributed by atoms with Gasteiger partial charge in [-0.3, -0.25) is 9.79 Å². The first-order valence-corrected chi connectivity index (χ1v) is 7.72. The molecule has 0 unspecified atom stereocenters. The Kier molecular flexibility index (Phi) is 3.36. The van der Waals surface area contributed by atoms with E-state index in [0.29, 0.717) is 5.02 Å². The van der Waals surface area contributed by atoms with E-state index in [1.807, 2.05) is 36.4 Å². The zero-order valence-corrected chi connectivity index (χ0v) is 13.0. The lowest BCUT2D eigenvalue weighted by atomic mass is 9.95. The third kappa shape index (κ3) is 2.49. The number of fused-ring (bicyclic) bond motifs is 2. The van der Waals surface area contributed by atoms with Gasteiger partial charge in [-0.05, 0) is 29.0 Å². The number of rotatable bonds is 1. The lowest BCUT2D eigenvalue weighted by Crippen LogP contribution is -2.13. The maximum Gasteiger partial charge on any atom is 0.246 e. The van der Waals surface area contributed by atoms with Gasteiger partial charge in [-0.15, -0.1) is 0 Å². The van der Waals surface area contributed by atoms with Crippen molar-refractivity contribution >= 4 is 39.7 Å². The molecule has 0 aliphatic carbocycles. The van der Waals surface area contributed by atoms with Gasteiger partial charge in [-0.25, -0.2) is 0 Å². The highest BCUT2D eigenvalue weighted by Gasteiger charge is 2.19. The molecule has 1 N–H and O–H groups in total. The molecule has 1 aliphatic rings. The molecule has 3 aromatic carbocycles. The summed E-state index contributed by atoms with van der Waals surface area (Å²) in [6.07, 6.45) is 0. The maximum absolute atomic E-state index is 11.9. The van der Waals surface area contributed by atoms with Gasteiger partial charge >= 0.3 is 0 Å². The number of nitrogens with zero attached hydrogens (tertiary/aromatic N) is 1. The fourth-order valence-electron chi connectivity index (χ4n) is 2.91. The van der Waals surface area contributed by atoms with Crippen molar-refractivity contribution in [2.45, 2.75) is 0 Å². The molecule has 0 saturated heterocycles. The molecule has 0 atom stereocenters. The molecule has 4 heteroatoms. The van der Waals surface area contributed by atoms with Gasteiger partial charge in [0.1, 0.15) is 6.54 Å². The van der Waals surface area contributed by atoms with Crippen LogP contribution in [0, 0.1) is 0 Å². The van der Waals surface area contributed by atoms with Crippen molar-refractivity contribution in [1.82, 2.24) is 0 Å². The van der Waals surface area contributed by atoms with Crippen LogP contribution >= 0.6 is 11.6 Å². The van der Waals surface area contributed by atoms with Crippen LogP contribution in [0.15, 0.2) is 65.7 Å². The number of carbonyl (C=O) groups excluding carboxylic acids is 1. The topological polar surface area (TPSA) is 41.5 Å². The van der Waals surface area contributed by atoms with Crippen molar-refractivity contribution in [3.05, 3.63) is 76.8 Å². The van der Waals surface area contributed by atoms with Crippen molar-refractivity contribution in [2.75, 3.05) is 11.9 Å². The fourth-order valence-corrected chi connectivity index (χ4v) is 3.08. The average molecular weight is 321 g/mol. The van der Waals surface area contributed by atoms with Crippen molar-refractivity contribution in [2.24, 2.45) is 4.99 Å². The number of halogens is 1. The number of carbonyl (C=O) groups is 1. The largest absolute Gasteiger partial charge is 0.324 e. The zero-order valence-electron chi connectivity index (χ0n) is 12.2. The minimum absolute atomic E-state index is 0.102. The summed E-state index contributed by atoms with van der Waals surface area (Å²) in [5.41, 5.74) is 3.38. The second-order valence-electron chi connectivity index (χ2n) is 5.43. The summed E-state index contributed by atoms with van der Waals surface area (Å²) in [6, 6.07) is 19.7. The molecule has 23 heavy (non-hydrogen) atoms. The Bertz CT molecular complexity index is 957. The van der Waals surface area contributed by atoms with Crippen molar-refractivity contribution in [3.8, 4) is 0 Å². The number of benzene rings is 3. The molecule has 0 saturated carbocycles. The molecule has 0 bridgehead atoms. The van der Waals surface area contributed by atoms with Crippen molar-refractivity contribution < 1.29 is 4.79 Å². The molecule has 0 spiro atoms. The Labute approximate surface area is 138 Å². The third-order valence-corrected chi connectivity index (χ3v) is 4.17. The summed E-state index contributed by atoms with van der Waals surface area (Å²) in [5.74, 6) is -0.121. The van der Waals surface area contributed by atoms with E-state index < -0.39 is 0 Å². The number of nitrogens with one attached hydrogen (secondary N) is 1. The van der Waals surface area contributed by atoms with Gasteiger partial charge < -0.3 is 5.32 Å². The summed E-state index contributed by atoms with van der Waals surface area (Å²) < 4.78 is 0. The van der Waals surface area contributed by atoms with E-state index in [1.54, 1.807) is 6.07 Å². The van der Waals surface area contributed by atoms with Crippen LogP contribution in [0.5, 0.6) is 0 Å². The Morgan fingerprint density at radius 1 is 0.957 bits per heavy atom. The number of hydrogen-bond donors (Lipinski definition) is 1. The fraction of sp³-hybridized carbons (Fsp3) is 0.0526. The van der Waals surface area contributed by atoms with E-state index >= 15 is 0 Å². The molecule has 0 aromatic heterocycles. The molecule has 1 heterocycles. The molecule has 112 valence electrons. The smallest absolute Gasteiger partial charge is 0.246 e. The maximum atomic E-state index is 11.9. The normalized spacial score (nSPS) is 14.0. The molecule has 0 fully saturated rings. The molecule has 4 rings (SSSR count). The second-order valence-corrected chi connectivity index (χ2v) is 5.87. The first-order chi connectivity index (χ1) is 11.2. The first-order valence-electron chi connectivity index (χ1n) is 7.35. The third-order valence-electron chi connectivity index (χ3n) is 3.94. The number of anilines is 1. The van der Waals surface area contributed by atoms with Gasteiger partial charge in [0, 0.05) is 16.1 Å². The van der Waals surface area contributed by atoms with Gasteiger partial charge in [-0.2, -0.15) is 0 Å². The summed E-state index contributed by atoms with van der Waals surface area (Å²) in [7, 11) is 0. The summed E-state index contributed by atoms with van der Waals surface area (Å²) in [4.78, 5) is 16.5. The molecular weight excluding hydrogens is 308 g/mol. The van der Waals surface area contributed by atoms with Gasteiger partial charge in [0.05, 0.1) is 11.4 Å². The van der Waals surface area contributed by atoms with E-state index in [2.05, 4.69) is 28.5 Å². The van der Waals surface area contributed by atoms with Crippen molar-refractivity contribution in [3.63, 3.8) is 0 Å². The zero-order chi connectivity index (χ0) is 15.8. The van der Waals surface area contributed by atoms with Crippen LogP contribution in [0.3, 0.4) is 0 Å². The molecule has 0 radical (unpaired) electrons. The lowest BCUT2D eigenvalue weighted by molar-refractivity contribution is -0.114. The average Bonchev–Trinajstić information content (AvgIpc) is 2.73. The quantitative estimate of drug-likeness (QED) is 0.714. The number of benzodiazepines with no additional fused rings is 1. The van der Waals surface area contributed by atoms with E-state index in [-0.39, 0.29) is 12.5 Å².